The molecule has 0 saturated carbocycles. The van der Waals surface area contributed by atoms with Crippen LogP contribution >= 0.6 is 27.5 Å². The number of ether oxygens (including phenoxy) is 2. The second-order valence-corrected chi connectivity index (χ2v) is 7.86. The third-order valence-electron chi connectivity index (χ3n) is 4.73. The first-order valence-corrected chi connectivity index (χ1v) is 10.7. The fourth-order valence-corrected chi connectivity index (χ4v) is 3.99. The zero-order chi connectivity index (χ0) is 23.0. The summed E-state index contributed by atoms with van der Waals surface area (Å²) in [5.41, 5.74) is 1.91. The number of rotatable bonds is 6. The molecule has 0 aliphatic carbocycles. The molecule has 0 aliphatic heterocycles. The molecule has 12 heteroatoms. The van der Waals surface area contributed by atoms with Gasteiger partial charge in [0.25, 0.3) is 5.95 Å². The molecular formula is C20H17BrClFN6O3. The van der Waals surface area contributed by atoms with Gasteiger partial charge in [-0.25, -0.2) is 23.5 Å². The average molecular weight is 524 g/mol. The number of nitrogens with zero attached hydrogens (tertiary/aromatic N) is 6. The number of carbonyl (C=O) groups is 1. The predicted octanol–water partition coefficient (Wildman–Crippen LogP) is 4.36. The number of esters is 1. The van der Waals surface area contributed by atoms with Crippen LogP contribution < -0.4 is 4.74 Å². The Bertz CT molecular complexity index is 1320. The zero-order valence-corrected chi connectivity index (χ0v) is 19.6. The average Bonchev–Trinajstić information content (AvgIpc) is 3.38. The summed E-state index contributed by atoms with van der Waals surface area (Å²) < 4.78 is 27.4. The fraction of sp³-hybridized carbons (Fsp3) is 0.250. The van der Waals surface area contributed by atoms with Crippen LogP contribution in [0.1, 0.15) is 35.8 Å². The minimum Gasteiger partial charge on any atom is -0.479 e. The highest BCUT2D eigenvalue weighted by molar-refractivity contribution is 9.10. The summed E-state index contributed by atoms with van der Waals surface area (Å²) in [5, 5.41) is 8.95. The van der Waals surface area contributed by atoms with E-state index < -0.39 is 11.8 Å². The Morgan fingerprint density at radius 1 is 1.34 bits per heavy atom. The van der Waals surface area contributed by atoms with E-state index in [1.54, 1.807) is 17.7 Å². The number of methoxy groups -OCH3 is 1. The number of hydrogen-bond acceptors (Lipinski definition) is 7. The van der Waals surface area contributed by atoms with Crippen LogP contribution in [0.15, 0.2) is 35.2 Å². The molecule has 9 nitrogen and oxygen atoms in total. The van der Waals surface area contributed by atoms with Crippen molar-refractivity contribution in [3.8, 4) is 11.8 Å². The topological polar surface area (TPSA) is 96.9 Å². The molecule has 3 heterocycles. The van der Waals surface area contributed by atoms with Gasteiger partial charge in [0.05, 0.1) is 31.5 Å². The van der Waals surface area contributed by atoms with Crippen molar-refractivity contribution in [2.45, 2.75) is 19.9 Å². The molecule has 0 radical (unpaired) electrons. The Labute approximate surface area is 195 Å². The Hall–Kier alpha value is -3.05. The molecule has 0 unspecified atom stereocenters. The predicted molar refractivity (Wildman–Crippen MR) is 118 cm³/mol. The van der Waals surface area contributed by atoms with Crippen molar-refractivity contribution in [2.75, 3.05) is 13.7 Å². The van der Waals surface area contributed by atoms with Crippen molar-refractivity contribution >= 4 is 44.5 Å². The van der Waals surface area contributed by atoms with E-state index >= 15 is 0 Å². The van der Waals surface area contributed by atoms with Crippen LogP contribution in [0.25, 0.3) is 17.0 Å². The minimum atomic E-state index is -0.495. The van der Waals surface area contributed by atoms with Gasteiger partial charge in [-0.2, -0.15) is 15.2 Å². The van der Waals surface area contributed by atoms with E-state index in [2.05, 4.69) is 36.1 Å². The van der Waals surface area contributed by atoms with E-state index in [4.69, 9.17) is 21.1 Å². The molecule has 0 bridgehead atoms. The molecule has 0 fully saturated rings. The Morgan fingerprint density at radius 3 is 2.81 bits per heavy atom. The first-order chi connectivity index (χ1) is 15.3. The standard InChI is InChI=1S/C20H17BrClFN6O3/c1-4-32-19(30)11-8-24-28(9-11)20-25-15-16(18(26-20)31-3)29(27-17(15)21)10(2)13-6-5-12(23)7-14(13)22/h5-10H,4H2,1-3H3/t10-/m0/s1. The number of halogens is 3. The molecule has 3 aromatic heterocycles. The van der Waals surface area contributed by atoms with Crippen molar-refractivity contribution in [1.82, 2.24) is 29.5 Å². The molecule has 0 aliphatic rings. The smallest absolute Gasteiger partial charge is 0.341 e. The summed E-state index contributed by atoms with van der Waals surface area (Å²) in [6.07, 6.45) is 2.84. The number of fused-ring (bicyclic) bond motifs is 1. The molecule has 0 amide bonds. The van der Waals surface area contributed by atoms with E-state index in [-0.39, 0.29) is 35.1 Å². The van der Waals surface area contributed by atoms with Gasteiger partial charge in [-0.3, -0.25) is 0 Å². The molecule has 1 atom stereocenters. The normalized spacial score (nSPS) is 12.2. The molecule has 0 spiro atoms. The lowest BCUT2D eigenvalue weighted by atomic mass is 10.1. The van der Waals surface area contributed by atoms with E-state index in [1.165, 1.54) is 36.3 Å². The van der Waals surface area contributed by atoms with E-state index in [0.717, 1.165) is 0 Å². The van der Waals surface area contributed by atoms with Crippen LogP contribution in [-0.4, -0.2) is 49.2 Å². The summed E-state index contributed by atoms with van der Waals surface area (Å²) in [4.78, 5) is 20.9. The Balaban J connectivity index is 1.82. The monoisotopic (exact) mass is 522 g/mol. The highest BCUT2D eigenvalue weighted by Crippen LogP contribution is 2.34. The molecule has 32 heavy (non-hydrogen) atoms. The van der Waals surface area contributed by atoms with Gasteiger partial charge in [0.1, 0.15) is 11.3 Å². The van der Waals surface area contributed by atoms with Gasteiger partial charge in [-0.15, -0.1) is 0 Å². The van der Waals surface area contributed by atoms with Gasteiger partial charge in [-0.05, 0) is 47.5 Å². The van der Waals surface area contributed by atoms with Crippen LogP contribution in [-0.2, 0) is 4.74 Å². The van der Waals surface area contributed by atoms with Crippen molar-refractivity contribution in [3.05, 3.63) is 57.2 Å². The first-order valence-electron chi connectivity index (χ1n) is 9.50. The Morgan fingerprint density at radius 2 is 2.12 bits per heavy atom. The molecule has 0 saturated heterocycles. The van der Waals surface area contributed by atoms with Crippen molar-refractivity contribution in [3.63, 3.8) is 0 Å². The number of benzene rings is 1. The molecule has 4 rings (SSSR count). The second-order valence-electron chi connectivity index (χ2n) is 6.70. The van der Waals surface area contributed by atoms with E-state index in [9.17, 15) is 9.18 Å². The minimum absolute atomic E-state index is 0.178. The number of aromatic nitrogens is 6. The lowest BCUT2D eigenvalue weighted by Gasteiger charge is -2.16. The quantitative estimate of drug-likeness (QED) is 0.346. The van der Waals surface area contributed by atoms with Crippen molar-refractivity contribution in [2.24, 2.45) is 0 Å². The van der Waals surface area contributed by atoms with Crippen LogP contribution in [0.2, 0.25) is 5.02 Å². The highest BCUT2D eigenvalue weighted by Gasteiger charge is 2.24. The maximum absolute atomic E-state index is 13.5. The van der Waals surface area contributed by atoms with Gasteiger partial charge in [-0.1, -0.05) is 17.7 Å². The van der Waals surface area contributed by atoms with Crippen LogP contribution in [0.5, 0.6) is 5.88 Å². The fourth-order valence-electron chi connectivity index (χ4n) is 3.21. The van der Waals surface area contributed by atoms with Gasteiger partial charge in [0.2, 0.25) is 5.88 Å². The van der Waals surface area contributed by atoms with Gasteiger partial charge >= 0.3 is 5.97 Å². The third kappa shape index (κ3) is 3.93. The van der Waals surface area contributed by atoms with E-state index in [1.807, 2.05) is 6.92 Å². The van der Waals surface area contributed by atoms with Gasteiger partial charge in [0.15, 0.2) is 10.1 Å². The summed E-state index contributed by atoms with van der Waals surface area (Å²) in [5.74, 6) is -0.505. The molecule has 1 aromatic carbocycles. The third-order valence-corrected chi connectivity index (χ3v) is 5.59. The largest absolute Gasteiger partial charge is 0.479 e. The molecule has 166 valence electrons. The first kappa shape index (κ1) is 22.2. The molecule has 0 N–H and O–H groups in total. The zero-order valence-electron chi connectivity index (χ0n) is 17.2. The second kappa shape index (κ2) is 8.83. The molecule has 4 aromatic rings. The summed E-state index contributed by atoms with van der Waals surface area (Å²) in [6, 6.07) is 3.81. The highest BCUT2D eigenvalue weighted by atomic mass is 79.9. The summed E-state index contributed by atoms with van der Waals surface area (Å²) in [7, 11) is 1.47. The number of carbonyl (C=O) groups excluding carboxylic acids is 1. The lowest BCUT2D eigenvalue weighted by molar-refractivity contribution is 0.0526. The number of hydrogen-bond donors (Lipinski definition) is 0. The van der Waals surface area contributed by atoms with Crippen LogP contribution in [0.3, 0.4) is 0 Å². The summed E-state index contributed by atoms with van der Waals surface area (Å²) >= 11 is 9.69. The van der Waals surface area contributed by atoms with Gasteiger partial charge < -0.3 is 9.47 Å². The van der Waals surface area contributed by atoms with Crippen LogP contribution in [0.4, 0.5) is 4.39 Å². The summed E-state index contributed by atoms with van der Waals surface area (Å²) in [6.45, 7) is 3.84. The van der Waals surface area contributed by atoms with E-state index in [0.29, 0.717) is 21.2 Å². The van der Waals surface area contributed by atoms with Crippen molar-refractivity contribution in [1.29, 1.82) is 0 Å². The van der Waals surface area contributed by atoms with Crippen LogP contribution in [0, 0.1) is 5.82 Å². The SMILES string of the molecule is CCOC(=O)c1cnn(-c2nc(OC)c3c(n2)c(Br)nn3[C@@H](C)c2ccc(F)cc2Cl)c1. The van der Waals surface area contributed by atoms with Crippen molar-refractivity contribution < 1.29 is 18.7 Å². The maximum Gasteiger partial charge on any atom is 0.341 e. The maximum atomic E-state index is 13.5. The van der Waals surface area contributed by atoms with Gasteiger partial charge in [0, 0.05) is 11.2 Å². The molecular weight excluding hydrogens is 507 g/mol. The Kier molecular flexibility index (Phi) is 6.11. The lowest BCUT2D eigenvalue weighted by Crippen LogP contribution is -2.11.